The normalized spacial score (nSPS) is 14.6. The third-order valence-corrected chi connectivity index (χ3v) is 15.4. The van der Waals surface area contributed by atoms with E-state index < -0.39 is 0 Å². The predicted octanol–water partition coefficient (Wildman–Crippen LogP) is 19.6. The quantitative estimate of drug-likeness (QED) is 0.110. The van der Waals surface area contributed by atoms with Crippen LogP contribution in [-0.4, -0.2) is 6.26 Å². The van der Waals surface area contributed by atoms with Crippen LogP contribution in [0.25, 0.3) is 93.0 Å². The summed E-state index contributed by atoms with van der Waals surface area (Å²) in [6.07, 6.45) is 20.4. The van der Waals surface area contributed by atoms with Gasteiger partial charge in [0.15, 0.2) is 0 Å². The number of allylic oxidation sites excluding steroid dienone is 7. The molecular weight excluding hydrogens is 845 g/mol. The van der Waals surface area contributed by atoms with Crippen LogP contribution >= 0.6 is 23.1 Å². The first-order valence-electron chi connectivity index (χ1n) is 23.5. The molecule has 0 aliphatic heterocycles. The molecule has 0 N–H and O–H groups in total. The van der Waals surface area contributed by atoms with Crippen LogP contribution in [0, 0.1) is 5.92 Å². The molecule has 8 aromatic carbocycles. The molecule has 67 heavy (non-hydrogen) atoms. The number of hydrogen-bond donors (Lipinski definition) is 0. The second kappa shape index (κ2) is 20.3. The molecule has 1 atom stereocenters. The van der Waals surface area contributed by atoms with Crippen LogP contribution in [0.3, 0.4) is 0 Å². The van der Waals surface area contributed by atoms with Crippen molar-refractivity contribution in [1.29, 1.82) is 0 Å². The lowest BCUT2D eigenvalue weighted by Crippen LogP contribution is -1.99. The molecule has 0 saturated carbocycles. The lowest BCUT2D eigenvalue weighted by molar-refractivity contribution is 0.563. The maximum Gasteiger partial charge on any atom is 0.0349 e. The minimum Gasteiger partial charge on any atom is -0.135 e. The minimum absolute atomic E-state index is 0.529. The Kier molecular flexibility index (Phi) is 13.3. The number of rotatable bonds is 12. The van der Waals surface area contributed by atoms with Crippen molar-refractivity contribution in [3.63, 3.8) is 0 Å². The second-order valence-corrected chi connectivity index (χ2v) is 19.5. The van der Waals surface area contributed by atoms with Gasteiger partial charge in [0.2, 0.25) is 0 Å². The Labute approximate surface area is 405 Å². The molecule has 326 valence electrons. The van der Waals surface area contributed by atoms with Crippen molar-refractivity contribution in [2.24, 2.45) is 5.92 Å². The summed E-state index contributed by atoms with van der Waals surface area (Å²) < 4.78 is 0. The molecule has 1 aromatic heterocycles. The van der Waals surface area contributed by atoms with E-state index in [1.54, 1.807) is 0 Å². The summed E-state index contributed by atoms with van der Waals surface area (Å²) in [6, 6.07) is 69.3. The molecule has 0 spiro atoms. The fourth-order valence-corrected chi connectivity index (χ4v) is 11.3. The van der Waals surface area contributed by atoms with Crippen LogP contribution < -0.4 is 0 Å². The molecule has 0 unspecified atom stereocenters. The van der Waals surface area contributed by atoms with Crippen molar-refractivity contribution in [2.75, 3.05) is 6.26 Å². The lowest BCUT2D eigenvalue weighted by Gasteiger charge is -2.24. The summed E-state index contributed by atoms with van der Waals surface area (Å²) in [5.74, 6) is 0.529. The molecule has 9 aromatic rings. The smallest absolute Gasteiger partial charge is 0.0349 e. The topological polar surface area (TPSA) is 0 Å². The third kappa shape index (κ3) is 9.52. The SMILES string of the molecule is C=C1C=CCCC[C@@H]1C/C=C(C)/C(=C/C=C/c1ccc(-c2c(-c3ccc(-c4ccc(-c5ccc6ccccc6c5)s4)cc3)c(-c3ccccc3)c3ccccc3c2-c2ccccc2)cc1)SC. The molecule has 1 aliphatic rings. The maximum absolute atomic E-state index is 4.36. The Bertz CT molecular complexity index is 3320. The van der Waals surface area contributed by atoms with Crippen LogP contribution in [0.15, 0.2) is 241 Å². The van der Waals surface area contributed by atoms with Crippen molar-refractivity contribution >= 4 is 50.7 Å². The van der Waals surface area contributed by atoms with Gasteiger partial charge in [-0.25, -0.2) is 0 Å². The van der Waals surface area contributed by atoms with Crippen molar-refractivity contribution in [1.82, 2.24) is 0 Å². The Morgan fingerprint density at radius 1 is 0.582 bits per heavy atom. The summed E-state index contributed by atoms with van der Waals surface area (Å²) >= 11 is 3.66. The Morgan fingerprint density at radius 2 is 1.12 bits per heavy atom. The van der Waals surface area contributed by atoms with Crippen molar-refractivity contribution in [3.05, 3.63) is 247 Å². The van der Waals surface area contributed by atoms with Gasteiger partial charge in [0.1, 0.15) is 0 Å². The first-order chi connectivity index (χ1) is 33.0. The number of thiophene rings is 1. The van der Waals surface area contributed by atoms with Gasteiger partial charge in [0, 0.05) is 14.7 Å². The van der Waals surface area contributed by atoms with Gasteiger partial charge in [-0.1, -0.05) is 212 Å². The highest BCUT2D eigenvalue weighted by Gasteiger charge is 2.24. The Morgan fingerprint density at radius 3 is 1.76 bits per heavy atom. The largest absolute Gasteiger partial charge is 0.135 e. The van der Waals surface area contributed by atoms with Gasteiger partial charge >= 0.3 is 0 Å². The fraction of sp³-hybridized carbons (Fsp3) is 0.108. The molecule has 0 amide bonds. The fourth-order valence-electron chi connectivity index (χ4n) is 9.71. The second-order valence-electron chi connectivity index (χ2n) is 17.5. The average Bonchev–Trinajstić information content (AvgIpc) is 3.79. The maximum atomic E-state index is 4.36. The standard InChI is InChI=1S/C65H54S2/c1-45-18-7-4-8-20-48(45)33-30-46(2)59(66-3)29-17-19-47-31-34-53(35-32-47)64-62(51-22-9-5-10-23-51)57-27-15-16-28-58(57)63(52-24-11-6-12-25-52)65(64)54-39-37-50(38-40-54)60-42-43-61(67-60)56-41-36-49-21-13-14-26-55(49)44-56/h5-7,9-19,21-32,34-44,48H,1,4,8,20,33H2,2-3H3/b19-17+,46-30+,59-29-/t48-/m1/s1. The predicted molar refractivity (Wildman–Crippen MR) is 297 cm³/mol. The molecule has 0 saturated heterocycles. The molecule has 0 fully saturated rings. The minimum atomic E-state index is 0.529. The highest BCUT2D eigenvalue weighted by molar-refractivity contribution is 8.02. The summed E-state index contributed by atoms with van der Waals surface area (Å²) in [6.45, 7) is 6.60. The van der Waals surface area contributed by atoms with E-state index in [1.807, 2.05) is 23.1 Å². The van der Waals surface area contributed by atoms with Crippen LogP contribution in [-0.2, 0) is 0 Å². The van der Waals surface area contributed by atoms with E-state index >= 15 is 0 Å². The molecule has 10 rings (SSSR count). The van der Waals surface area contributed by atoms with Gasteiger partial charge in [0.25, 0.3) is 0 Å². The summed E-state index contributed by atoms with van der Waals surface area (Å²) in [5, 5.41) is 5.01. The van der Waals surface area contributed by atoms with E-state index in [2.05, 4.69) is 244 Å². The average molecular weight is 899 g/mol. The van der Waals surface area contributed by atoms with E-state index in [0.717, 1.165) is 12.8 Å². The third-order valence-electron chi connectivity index (χ3n) is 13.3. The highest BCUT2D eigenvalue weighted by Crippen LogP contribution is 2.51. The monoisotopic (exact) mass is 898 g/mol. The highest BCUT2D eigenvalue weighted by atomic mass is 32.2. The van der Waals surface area contributed by atoms with Crippen molar-refractivity contribution in [3.8, 4) is 65.4 Å². The molecule has 0 bridgehead atoms. The summed E-state index contributed by atoms with van der Waals surface area (Å²) in [7, 11) is 0. The van der Waals surface area contributed by atoms with Crippen molar-refractivity contribution in [2.45, 2.75) is 32.6 Å². The lowest BCUT2D eigenvalue weighted by atomic mass is 9.79. The van der Waals surface area contributed by atoms with Gasteiger partial charge in [-0.05, 0) is 157 Å². The van der Waals surface area contributed by atoms with E-state index in [4.69, 9.17) is 0 Å². The van der Waals surface area contributed by atoms with Crippen LogP contribution in [0.1, 0.15) is 38.2 Å². The Hall–Kier alpha value is -6.97. The first-order valence-corrected chi connectivity index (χ1v) is 25.5. The molecular formula is C65H54S2. The van der Waals surface area contributed by atoms with Gasteiger partial charge in [-0.2, -0.15) is 0 Å². The van der Waals surface area contributed by atoms with E-state index in [9.17, 15) is 0 Å². The molecule has 1 heterocycles. The molecule has 2 heteroatoms. The number of fused-ring (bicyclic) bond motifs is 2. The molecule has 1 aliphatic carbocycles. The van der Waals surface area contributed by atoms with Gasteiger partial charge < -0.3 is 0 Å². The van der Waals surface area contributed by atoms with Gasteiger partial charge in [-0.15, -0.1) is 23.1 Å². The summed E-state index contributed by atoms with van der Waals surface area (Å²) in [5.41, 5.74) is 16.0. The van der Waals surface area contributed by atoms with E-state index in [-0.39, 0.29) is 0 Å². The number of thioether (sulfide) groups is 1. The zero-order chi connectivity index (χ0) is 45.5. The Balaban J connectivity index is 1.06. The van der Waals surface area contributed by atoms with E-state index in [0.29, 0.717) is 5.92 Å². The van der Waals surface area contributed by atoms with Crippen LogP contribution in [0.4, 0.5) is 0 Å². The van der Waals surface area contributed by atoms with Crippen molar-refractivity contribution < 1.29 is 0 Å². The van der Waals surface area contributed by atoms with E-state index in [1.165, 1.54) is 121 Å². The number of hydrogen-bond acceptors (Lipinski definition) is 2. The van der Waals surface area contributed by atoms with Crippen LogP contribution in [0.5, 0.6) is 0 Å². The molecule has 0 nitrogen and oxygen atoms in total. The zero-order valence-corrected chi connectivity index (χ0v) is 39.9. The molecule has 0 radical (unpaired) electrons. The van der Waals surface area contributed by atoms with Gasteiger partial charge in [-0.3, -0.25) is 0 Å². The number of benzene rings is 8. The van der Waals surface area contributed by atoms with Crippen LogP contribution in [0.2, 0.25) is 0 Å². The first kappa shape index (κ1) is 43.9. The zero-order valence-electron chi connectivity index (χ0n) is 38.3. The van der Waals surface area contributed by atoms with Gasteiger partial charge in [0.05, 0.1) is 0 Å². The summed E-state index contributed by atoms with van der Waals surface area (Å²) in [4.78, 5) is 3.83.